The minimum Gasteiger partial charge on any atom is -0.481 e. The second kappa shape index (κ2) is 7.80. The molecule has 0 aliphatic heterocycles. The van der Waals surface area contributed by atoms with Crippen LogP contribution < -0.4 is 4.90 Å². The second-order valence-electron chi connectivity index (χ2n) is 6.94. The minimum atomic E-state index is -0.874. The molecule has 1 aliphatic carbocycles. The van der Waals surface area contributed by atoms with Crippen LogP contribution in [0.3, 0.4) is 0 Å². The Morgan fingerprint density at radius 2 is 1.45 bits per heavy atom. The number of para-hydroxylation sites is 1. The lowest BCUT2D eigenvalue weighted by molar-refractivity contribution is -0.136. The Balaban J connectivity index is 1.89. The number of hydrogen-bond acceptors (Lipinski definition) is 3. The molecule has 0 atom stereocenters. The third-order valence-corrected chi connectivity index (χ3v) is 5.29. The van der Waals surface area contributed by atoms with Crippen molar-refractivity contribution in [2.75, 3.05) is 12.0 Å². The summed E-state index contributed by atoms with van der Waals surface area (Å²) in [5.74, 6) is -0.874. The number of carboxylic acid groups (broad SMARTS) is 1. The number of carbonyl (C=O) groups excluding carboxylic acids is 1. The van der Waals surface area contributed by atoms with Crippen LogP contribution in [-0.2, 0) is 16.0 Å². The first-order valence-corrected chi connectivity index (χ1v) is 9.47. The van der Waals surface area contributed by atoms with Crippen molar-refractivity contribution in [3.8, 4) is 11.1 Å². The molecule has 29 heavy (non-hydrogen) atoms. The molecule has 0 bridgehead atoms. The highest BCUT2D eigenvalue weighted by atomic mass is 16.5. The molecule has 3 aromatic carbocycles. The normalized spacial score (nSPS) is 12.2. The number of benzene rings is 3. The van der Waals surface area contributed by atoms with Crippen molar-refractivity contribution in [3.05, 3.63) is 89.5 Å². The van der Waals surface area contributed by atoms with Crippen LogP contribution in [0.15, 0.2) is 72.8 Å². The third-order valence-electron chi connectivity index (χ3n) is 5.29. The van der Waals surface area contributed by atoms with Gasteiger partial charge in [-0.15, -0.1) is 0 Å². The first-order chi connectivity index (χ1) is 14.1. The van der Waals surface area contributed by atoms with E-state index in [-0.39, 0.29) is 12.5 Å². The highest BCUT2D eigenvalue weighted by molar-refractivity contribution is 5.94. The molecule has 1 amide bonds. The van der Waals surface area contributed by atoms with E-state index in [2.05, 4.69) is 12.1 Å². The summed E-state index contributed by atoms with van der Waals surface area (Å²) in [5.41, 5.74) is 5.67. The van der Waals surface area contributed by atoms with Crippen LogP contribution >= 0.6 is 0 Å². The van der Waals surface area contributed by atoms with Gasteiger partial charge in [-0.25, -0.2) is 4.79 Å². The van der Waals surface area contributed by atoms with Crippen LogP contribution in [0, 0.1) is 0 Å². The molecule has 0 heterocycles. The van der Waals surface area contributed by atoms with Crippen molar-refractivity contribution in [1.82, 2.24) is 0 Å². The van der Waals surface area contributed by atoms with Gasteiger partial charge in [0.1, 0.15) is 0 Å². The number of aryl methyl sites for hydroxylation is 1. The van der Waals surface area contributed by atoms with Crippen molar-refractivity contribution in [1.29, 1.82) is 0 Å². The largest absolute Gasteiger partial charge is 0.481 e. The molecule has 0 unspecified atom stereocenters. The molecule has 146 valence electrons. The van der Waals surface area contributed by atoms with Gasteiger partial charge in [0.2, 0.25) is 0 Å². The average molecular weight is 387 g/mol. The zero-order valence-electron chi connectivity index (χ0n) is 16.0. The maximum Gasteiger partial charge on any atom is 0.414 e. The summed E-state index contributed by atoms with van der Waals surface area (Å²) in [5, 5.41) is 9.13. The topological polar surface area (TPSA) is 66.8 Å². The number of carbonyl (C=O) groups is 2. The van der Waals surface area contributed by atoms with Crippen LogP contribution in [-0.4, -0.2) is 24.3 Å². The Morgan fingerprint density at radius 1 is 0.897 bits per heavy atom. The van der Waals surface area contributed by atoms with E-state index in [0.717, 1.165) is 27.8 Å². The van der Waals surface area contributed by atoms with Crippen LogP contribution in [0.25, 0.3) is 11.1 Å². The lowest BCUT2D eigenvalue weighted by Crippen LogP contribution is -2.35. The Hall–Kier alpha value is -3.60. The molecule has 0 saturated heterocycles. The molecule has 1 aliphatic rings. The quantitative estimate of drug-likeness (QED) is 0.665. The molecular formula is C24H21NO4. The highest BCUT2D eigenvalue weighted by Gasteiger charge is 2.37. The van der Waals surface area contributed by atoms with Crippen molar-refractivity contribution < 1.29 is 19.4 Å². The summed E-state index contributed by atoms with van der Waals surface area (Å²) >= 11 is 0. The lowest BCUT2D eigenvalue weighted by Gasteiger charge is -2.31. The maximum absolute atomic E-state index is 13.0. The number of fused-ring (bicyclic) bond motifs is 3. The van der Waals surface area contributed by atoms with Gasteiger partial charge in [-0.2, -0.15) is 0 Å². The summed E-state index contributed by atoms with van der Waals surface area (Å²) in [6.45, 7) is 0. The van der Waals surface area contributed by atoms with Gasteiger partial charge in [0.25, 0.3) is 0 Å². The number of ether oxygens (including phenoxy) is 1. The monoisotopic (exact) mass is 387 g/mol. The first-order valence-electron chi connectivity index (χ1n) is 9.47. The Morgan fingerprint density at radius 3 is 2.03 bits per heavy atom. The minimum absolute atomic E-state index is 0.0101. The number of aliphatic carboxylic acids is 1. The standard InChI is InChI=1S/C24H21NO4/c1-29-24(28)25(21-13-7-2-8-16(21)14-15-22(26)27)23-19-11-5-3-9-17(19)18-10-4-6-12-20(18)23/h2-13,23H,14-15H2,1H3,(H,26,27). The van der Waals surface area contributed by atoms with Crippen molar-refractivity contribution in [2.45, 2.75) is 18.9 Å². The fourth-order valence-corrected chi connectivity index (χ4v) is 4.05. The molecule has 5 heteroatoms. The van der Waals surface area contributed by atoms with E-state index in [1.807, 2.05) is 60.7 Å². The predicted molar refractivity (Wildman–Crippen MR) is 111 cm³/mol. The van der Waals surface area contributed by atoms with Crippen LogP contribution in [0.5, 0.6) is 0 Å². The number of nitrogens with zero attached hydrogens (tertiary/aromatic N) is 1. The van der Waals surface area contributed by atoms with Crippen LogP contribution in [0.4, 0.5) is 10.5 Å². The van der Waals surface area contributed by atoms with E-state index in [1.165, 1.54) is 7.11 Å². The molecule has 5 nitrogen and oxygen atoms in total. The molecular weight excluding hydrogens is 366 g/mol. The zero-order chi connectivity index (χ0) is 20.4. The van der Waals surface area contributed by atoms with Gasteiger partial charge in [0, 0.05) is 6.42 Å². The van der Waals surface area contributed by atoms with E-state index in [0.29, 0.717) is 12.1 Å². The molecule has 1 N–H and O–H groups in total. The van der Waals surface area contributed by atoms with Gasteiger partial charge in [-0.1, -0.05) is 66.7 Å². The molecule has 0 aromatic heterocycles. The number of carboxylic acids is 1. The van der Waals surface area contributed by atoms with E-state index in [4.69, 9.17) is 9.84 Å². The van der Waals surface area contributed by atoms with Gasteiger partial charge < -0.3 is 9.84 Å². The fraction of sp³-hybridized carbons (Fsp3) is 0.167. The Kier molecular flexibility index (Phi) is 5.04. The molecule has 0 saturated carbocycles. The third kappa shape index (κ3) is 3.36. The zero-order valence-corrected chi connectivity index (χ0v) is 16.0. The fourth-order valence-electron chi connectivity index (χ4n) is 4.05. The SMILES string of the molecule is COC(=O)N(c1ccccc1CCC(=O)O)C1c2ccccc2-c2ccccc21. The summed E-state index contributed by atoms with van der Waals surface area (Å²) in [4.78, 5) is 25.8. The molecule has 0 spiro atoms. The van der Waals surface area contributed by atoms with E-state index >= 15 is 0 Å². The summed E-state index contributed by atoms with van der Waals surface area (Å²) in [6, 6.07) is 23.1. The maximum atomic E-state index is 13.0. The van der Waals surface area contributed by atoms with Gasteiger partial charge in [0.05, 0.1) is 18.8 Å². The Labute approximate surface area is 169 Å². The number of anilines is 1. The highest BCUT2D eigenvalue weighted by Crippen LogP contribution is 2.48. The van der Waals surface area contributed by atoms with Crippen LogP contribution in [0.1, 0.15) is 29.2 Å². The van der Waals surface area contributed by atoms with Crippen LogP contribution in [0.2, 0.25) is 0 Å². The average Bonchev–Trinajstić information content (AvgIpc) is 3.08. The second-order valence-corrected chi connectivity index (χ2v) is 6.94. The summed E-state index contributed by atoms with van der Waals surface area (Å²) in [6.07, 6.45) is -0.164. The van der Waals surface area contributed by atoms with Gasteiger partial charge in [-0.05, 0) is 40.3 Å². The lowest BCUT2D eigenvalue weighted by atomic mass is 10.00. The molecule has 4 rings (SSSR count). The van der Waals surface area contributed by atoms with E-state index in [1.54, 1.807) is 4.90 Å². The molecule has 3 aromatic rings. The molecule has 0 fully saturated rings. The molecule has 0 radical (unpaired) electrons. The van der Waals surface area contributed by atoms with Crippen molar-refractivity contribution in [3.63, 3.8) is 0 Å². The number of amides is 1. The van der Waals surface area contributed by atoms with Crippen molar-refractivity contribution >= 4 is 17.7 Å². The van der Waals surface area contributed by atoms with E-state index in [9.17, 15) is 9.59 Å². The van der Waals surface area contributed by atoms with Gasteiger partial charge in [0.15, 0.2) is 0 Å². The van der Waals surface area contributed by atoms with Crippen molar-refractivity contribution in [2.24, 2.45) is 0 Å². The number of methoxy groups -OCH3 is 1. The smallest absolute Gasteiger partial charge is 0.414 e. The number of hydrogen-bond donors (Lipinski definition) is 1. The van der Waals surface area contributed by atoms with Gasteiger partial charge >= 0.3 is 12.1 Å². The summed E-state index contributed by atoms with van der Waals surface area (Å²) in [7, 11) is 1.36. The predicted octanol–water partition coefficient (Wildman–Crippen LogP) is 5.05. The summed E-state index contributed by atoms with van der Waals surface area (Å²) < 4.78 is 5.16. The number of rotatable bonds is 5. The Bertz CT molecular complexity index is 1030. The van der Waals surface area contributed by atoms with E-state index < -0.39 is 12.1 Å². The first kappa shape index (κ1) is 18.7. The van der Waals surface area contributed by atoms with Gasteiger partial charge in [-0.3, -0.25) is 9.69 Å².